The van der Waals surface area contributed by atoms with Gasteiger partial charge in [0.15, 0.2) is 0 Å². The van der Waals surface area contributed by atoms with Crippen LogP contribution in [0.3, 0.4) is 0 Å². The van der Waals surface area contributed by atoms with Gasteiger partial charge in [-0.3, -0.25) is 9.69 Å². The number of methoxy groups -OCH3 is 1. The average Bonchev–Trinajstić information content (AvgIpc) is 3.12. The van der Waals surface area contributed by atoms with Gasteiger partial charge in [0.05, 0.1) is 18.6 Å². The molecule has 0 radical (unpaired) electrons. The standard InChI is InChI=1S/C16H13NO2S3/c1-19-12-6-4-11(5-7-12)10-17-15(18)14(22-16(17)20)9-13-3-2-8-21-13/h2-9H,10H2,1H3/b14-9-. The summed E-state index contributed by atoms with van der Waals surface area (Å²) in [7, 11) is 1.63. The first-order valence-corrected chi connectivity index (χ1v) is 8.69. The number of hydrogen-bond acceptors (Lipinski definition) is 5. The Morgan fingerprint density at radius 3 is 2.68 bits per heavy atom. The fourth-order valence-corrected chi connectivity index (χ4v) is 4.03. The number of ether oxygens (including phenoxy) is 1. The highest BCUT2D eigenvalue weighted by atomic mass is 32.2. The van der Waals surface area contributed by atoms with E-state index in [1.165, 1.54) is 11.8 Å². The summed E-state index contributed by atoms with van der Waals surface area (Å²) in [6, 6.07) is 11.6. The Bertz CT molecular complexity index is 720. The lowest BCUT2D eigenvalue weighted by Gasteiger charge is -2.14. The summed E-state index contributed by atoms with van der Waals surface area (Å²) in [5.41, 5.74) is 1.02. The first-order valence-electron chi connectivity index (χ1n) is 6.59. The summed E-state index contributed by atoms with van der Waals surface area (Å²) in [4.78, 5) is 15.9. The van der Waals surface area contributed by atoms with E-state index in [0.717, 1.165) is 16.2 Å². The maximum Gasteiger partial charge on any atom is 0.266 e. The molecule has 0 aliphatic carbocycles. The monoisotopic (exact) mass is 347 g/mol. The zero-order chi connectivity index (χ0) is 15.5. The van der Waals surface area contributed by atoms with Crippen molar-refractivity contribution >= 4 is 51.6 Å². The molecule has 112 valence electrons. The van der Waals surface area contributed by atoms with Crippen molar-refractivity contribution in [3.63, 3.8) is 0 Å². The molecule has 1 fully saturated rings. The first-order chi connectivity index (χ1) is 10.7. The predicted octanol–water partition coefficient (Wildman–Crippen LogP) is 4.16. The van der Waals surface area contributed by atoms with E-state index in [0.29, 0.717) is 15.8 Å². The van der Waals surface area contributed by atoms with Crippen LogP contribution in [0.1, 0.15) is 10.4 Å². The Balaban J connectivity index is 1.76. The Morgan fingerprint density at radius 1 is 1.27 bits per heavy atom. The highest BCUT2D eigenvalue weighted by Gasteiger charge is 2.31. The van der Waals surface area contributed by atoms with Gasteiger partial charge in [-0.05, 0) is 35.2 Å². The second-order valence-electron chi connectivity index (χ2n) is 4.63. The number of rotatable bonds is 4. The Morgan fingerprint density at radius 2 is 2.05 bits per heavy atom. The van der Waals surface area contributed by atoms with Crippen LogP contribution in [0.4, 0.5) is 0 Å². The quantitative estimate of drug-likeness (QED) is 0.614. The molecular weight excluding hydrogens is 334 g/mol. The van der Waals surface area contributed by atoms with Gasteiger partial charge in [0.25, 0.3) is 5.91 Å². The fraction of sp³-hybridized carbons (Fsp3) is 0.125. The van der Waals surface area contributed by atoms with Crippen molar-refractivity contribution in [3.05, 3.63) is 57.1 Å². The molecule has 0 spiro atoms. The Kier molecular flexibility index (Phi) is 4.61. The Hall–Kier alpha value is -1.63. The average molecular weight is 347 g/mol. The molecular formula is C16H13NO2S3. The van der Waals surface area contributed by atoms with Gasteiger partial charge in [-0.1, -0.05) is 42.2 Å². The number of thiophene rings is 1. The lowest BCUT2D eigenvalue weighted by atomic mass is 10.2. The van der Waals surface area contributed by atoms with E-state index in [-0.39, 0.29) is 5.91 Å². The fourth-order valence-electron chi connectivity index (χ4n) is 2.05. The zero-order valence-corrected chi connectivity index (χ0v) is 14.3. The third-order valence-electron chi connectivity index (χ3n) is 3.19. The molecule has 0 saturated carbocycles. The largest absolute Gasteiger partial charge is 0.497 e. The number of thiocarbonyl (C=S) groups is 1. The van der Waals surface area contributed by atoms with Crippen molar-refractivity contribution in [1.82, 2.24) is 4.90 Å². The van der Waals surface area contributed by atoms with Crippen LogP contribution in [-0.2, 0) is 11.3 Å². The van der Waals surface area contributed by atoms with Crippen molar-refractivity contribution in [1.29, 1.82) is 0 Å². The highest BCUT2D eigenvalue weighted by Crippen LogP contribution is 2.34. The van der Waals surface area contributed by atoms with Gasteiger partial charge in [0, 0.05) is 4.88 Å². The topological polar surface area (TPSA) is 29.5 Å². The molecule has 3 nitrogen and oxygen atoms in total. The van der Waals surface area contributed by atoms with Crippen molar-refractivity contribution in [2.75, 3.05) is 7.11 Å². The molecule has 0 bridgehead atoms. The lowest BCUT2D eigenvalue weighted by Crippen LogP contribution is -2.27. The maximum absolute atomic E-state index is 12.5. The van der Waals surface area contributed by atoms with E-state index < -0.39 is 0 Å². The van der Waals surface area contributed by atoms with Crippen molar-refractivity contribution in [2.24, 2.45) is 0 Å². The molecule has 1 aliphatic rings. The molecule has 0 unspecified atom stereocenters. The number of thioether (sulfide) groups is 1. The van der Waals surface area contributed by atoms with E-state index in [4.69, 9.17) is 17.0 Å². The molecule has 1 aromatic heterocycles. The number of nitrogens with zero attached hydrogens (tertiary/aromatic N) is 1. The van der Waals surface area contributed by atoms with Gasteiger partial charge in [-0.25, -0.2) is 0 Å². The summed E-state index contributed by atoms with van der Waals surface area (Å²) in [6.45, 7) is 0.483. The maximum atomic E-state index is 12.5. The summed E-state index contributed by atoms with van der Waals surface area (Å²) >= 11 is 8.31. The minimum atomic E-state index is -0.0285. The zero-order valence-electron chi connectivity index (χ0n) is 11.8. The lowest BCUT2D eigenvalue weighted by molar-refractivity contribution is -0.122. The van der Waals surface area contributed by atoms with Gasteiger partial charge >= 0.3 is 0 Å². The van der Waals surface area contributed by atoms with Crippen LogP contribution in [-0.4, -0.2) is 22.2 Å². The summed E-state index contributed by atoms with van der Waals surface area (Å²) in [6.07, 6.45) is 1.90. The minimum absolute atomic E-state index is 0.0285. The highest BCUT2D eigenvalue weighted by molar-refractivity contribution is 8.26. The molecule has 22 heavy (non-hydrogen) atoms. The number of amides is 1. The normalized spacial score (nSPS) is 16.6. The number of carbonyl (C=O) groups is 1. The third kappa shape index (κ3) is 3.24. The van der Waals surface area contributed by atoms with E-state index in [1.807, 2.05) is 47.9 Å². The molecule has 1 aliphatic heterocycles. The second kappa shape index (κ2) is 6.64. The first kappa shape index (κ1) is 15.3. The van der Waals surface area contributed by atoms with Crippen LogP contribution in [0, 0.1) is 0 Å². The van der Waals surface area contributed by atoms with Crippen LogP contribution < -0.4 is 4.74 Å². The molecule has 6 heteroatoms. The van der Waals surface area contributed by atoms with Gasteiger partial charge in [0.2, 0.25) is 0 Å². The van der Waals surface area contributed by atoms with Crippen LogP contribution in [0.2, 0.25) is 0 Å². The van der Waals surface area contributed by atoms with Crippen molar-refractivity contribution in [2.45, 2.75) is 6.54 Å². The number of hydrogen-bond donors (Lipinski definition) is 0. The van der Waals surface area contributed by atoms with Gasteiger partial charge in [-0.15, -0.1) is 11.3 Å². The van der Waals surface area contributed by atoms with E-state index >= 15 is 0 Å². The molecule has 1 saturated heterocycles. The van der Waals surface area contributed by atoms with Crippen LogP contribution in [0.15, 0.2) is 46.7 Å². The van der Waals surface area contributed by atoms with Gasteiger partial charge in [0.1, 0.15) is 10.1 Å². The summed E-state index contributed by atoms with van der Waals surface area (Å²) < 4.78 is 5.74. The summed E-state index contributed by atoms with van der Waals surface area (Å²) in [5, 5.41) is 1.99. The van der Waals surface area contributed by atoms with E-state index in [9.17, 15) is 4.79 Å². The smallest absolute Gasteiger partial charge is 0.266 e. The molecule has 2 heterocycles. The van der Waals surface area contributed by atoms with Crippen molar-refractivity contribution in [3.8, 4) is 5.75 Å². The van der Waals surface area contributed by atoms with Gasteiger partial charge < -0.3 is 4.74 Å². The third-order valence-corrected chi connectivity index (χ3v) is 5.39. The van der Waals surface area contributed by atoms with Crippen molar-refractivity contribution < 1.29 is 9.53 Å². The number of benzene rings is 1. The van der Waals surface area contributed by atoms with E-state index in [2.05, 4.69) is 0 Å². The molecule has 1 amide bonds. The molecule has 3 rings (SSSR count). The molecule has 2 aromatic rings. The summed E-state index contributed by atoms with van der Waals surface area (Å²) in [5.74, 6) is 0.769. The molecule has 1 aromatic carbocycles. The SMILES string of the molecule is COc1ccc(CN2C(=O)/C(=C/c3cccs3)SC2=S)cc1. The van der Waals surface area contributed by atoms with Crippen LogP contribution in [0.5, 0.6) is 5.75 Å². The van der Waals surface area contributed by atoms with E-state index in [1.54, 1.807) is 23.3 Å². The number of carbonyl (C=O) groups excluding carboxylic acids is 1. The molecule has 0 N–H and O–H groups in total. The molecule has 0 atom stereocenters. The van der Waals surface area contributed by atoms with Crippen LogP contribution in [0.25, 0.3) is 6.08 Å². The second-order valence-corrected chi connectivity index (χ2v) is 7.29. The van der Waals surface area contributed by atoms with Crippen LogP contribution >= 0.6 is 35.3 Å². The Labute approximate surface area is 142 Å². The predicted molar refractivity (Wildman–Crippen MR) is 96.0 cm³/mol. The van der Waals surface area contributed by atoms with Gasteiger partial charge in [-0.2, -0.15) is 0 Å². The minimum Gasteiger partial charge on any atom is -0.497 e.